The first kappa shape index (κ1) is 17.9. The molecule has 1 amide bonds. The van der Waals surface area contributed by atoms with E-state index < -0.39 is 0 Å². The minimum atomic E-state index is -0.334. The molecule has 0 fully saturated rings. The summed E-state index contributed by atoms with van der Waals surface area (Å²) in [5, 5.41) is 2.95. The molecular formula is C22H20N2O4. The first-order valence-electron chi connectivity index (χ1n) is 8.97. The number of carbonyl (C=O) groups is 1. The number of para-hydroxylation sites is 1. The van der Waals surface area contributed by atoms with E-state index in [0.717, 1.165) is 16.9 Å². The molecule has 0 bridgehead atoms. The van der Waals surface area contributed by atoms with E-state index in [-0.39, 0.29) is 11.8 Å². The van der Waals surface area contributed by atoms with Crippen LogP contribution in [0.4, 0.5) is 5.69 Å². The summed E-state index contributed by atoms with van der Waals surface area (Å²) in [6.45, 7) is 0.715. The van der Waals surface area contributed by atoms with Gasteiger partial charge >= 0.3 is 0 Å². The maximum Gasteiger partial charge on any atom is 0.235 e. The van der Waals surface area contributed by atoms with Crippen molar-refractivity contribution in [2.24, 2.45) is 0 Å². The molecule has 1 N–H and O–H groups in total. The molecule has 4 rings (SSSR count). The number of pyridine rings is 1. The highest BCUT2D eigenvalue weighted by atomic mass is 16.5. The molecule has 6 heteroatoms. The molecule has 2 aromatic carbocycles. The van der Waals surface area contributed by atoms with Gasteiger partial charge in [-0.2, -0.15) is 0 Å². The Balaban J connectivity index is 1.48. The van der Waals surface area contributed by atoms with Crippen LogP contribution in [0.2, 0.25) is 0 Å². The average Bonchev–Trinajstić information content (AvgIpc) is 3.17. The van der Waals surface area contributed by atoms with Gasteiger partial charge in [-0.25, -0.2) is 0 Å². The second kappa shape index (κ2) is 8.00. The van der Waals surface area contributed by atoms with Crippen LogP contribution in [0.25, 0.3) is 0 Å². The number of hydrogen-bond donors (Lipinski definition) is 1. The van der Waals surface area contributed by atoms with Crippen LogP contribution in [0.1, 0.15) is 17.0 Å². The predicted octanol–water partition coefficient (Wildman–Crippen LogP) is 3.78. The number of rotatable bonds is 6. The van der Waals surface area contributed by atoms with E-state index in [1.165, 1.54) is 0 Å². The molecule has 2 heterocycles. The zero-order valence-corrected chi connectivity index (χ0v) is 15.4. The van der Waals surface area contributed by atoms with E-state index in [9.17, 15) is 4.79 Å². The van der Waals surface area contributed by atoms with Crippen LogP contribution in [-0.2, 0) is 11.4 Å². The lowest BCUT2D eigenvalue weighted by atomic mass is 10.0. The molecule has 1 aliphatic rings. The maximum atomic E-state index is 12.8. The van der Waals surface area contributed by atoms with E-state index in [1.807, 2.05) is 36.4 Å². The fourth-order valence-electron chi connectivity index (χ4n) is 3.12. The Morgan fingerprint density at radius 3 is 2.79 bits per heavy atom. The van der Waals surface area contributed by atoms with Crippen molar-refractivity contribution in [1.29, 1.82) is 0 Å². The van der Waals surface area contributed by atoms with Crippen LogP contribution in [0.5, 0.6) is 17.2 Å². The van der Waals surface area contributed by atoms with Crippen molar-refractivity contribution in [3.8, 4) is 17.2 Å². The number of benzene rings is 2. The monoisotopic (exact) mass is 376 g/mol. The summed E-state index contributed by atoms with van der Waals surface area (Å²) in [7, 11) is 1.58. The number of nitrogens with zero attached hydrogens (tertiary/aromatic N) is 1. The number of methoxy groups -OCH3 is 1. The summed E-state index contributed by atoms with van der Waals surface area (Å²) < 4.78 is 16.9. The van der Waals surface area contributed by atoms with E-state index in [2.05, 4.69) is 10.3 Å². The lowest BCUT2D eigenvalue weighted by Gasteiger charge is -2.14. The Kier molecular flexibility index (Phi) is 5.10. The minimum Gasteiger partial charge on any atom is -0.493 e. The molecule has 6 nitrogen and oxygen atoms in total. The van der Waals surface area contributed by atoms with Crippen LogP contribution >= 0.6 is 0 Å². The molecular weight excluding hydrogens is 356 g/mol. The third kappa shape index (κ3) is 3.76. The van der Waals surface area contributed by atoms with Crippen molar-refractivity contribution in [1.82, 2.24) is 4.98 Å². The second-order valence-corrected chi connectivity index (χ2v) is 6.40. The zero-order valence-electron chi connectivity index (χ0n) is 15.4. The van der Waals surface area contributed by atoms with Gasteiger partial charge in [-0.3, -0.25) is 9.78 Å². The zero-order chi connectivity index (χ0) is 19.3. The van der Waals surface area contributed by atoms with Crippen LogP contribution in [0, 0.1) is 0 Å². The highest BCUT2D eigenvalue weighted by Gasteiger charge is 2.30. The Labute approximate surface area is 163 Å². The standard InChI is InChI=1S/C22H20N2O4/c1-26-20-7-6-16(12-21(20)27-13-15-8-10-23-11-9-15)24-22(25)18-14-28-19-5-3-2-4-17(18)19/h2-12,18H,13-14H2,1H3,(H,24,25). The van der Waals surface area contributed by atoms with Gasteiger partial charge < -0.3 is 19.5 Å². The van der Waals surface area contributed by atoms with Crippen LogP contribution in [0.3, 0.4) is 0 Å². The fourth-order valence-corrected chi connectivity index (χ4v) is 3.12. The van der Waals surface area contributed by atoms with Crippen molar-refractivity contribution < 1.29 is 19.0 Å². The summed E-state index contributed by atoms with van der Waals surface area (Å²) in [6, 6.07) is 16.7. The van der Waals surface area contributed by atoms with Crippen molar-refractivity contribution in [3.63, 3.8) is 0 Å². The molecule has 0 aliphatic carbocycles. The summed E-state index contributed by atoms with van der Waals surface area (Å²) in [6.07, 6.45) is 3.43. The maximum absolute atomic E-state index is 12.8. The van der Waals surface area contributed by atoms with Crippen LogP contribution in [-0.4, -0.2) is 24.6 Å². The van der Waals surface area contributed by atoms with Crippen LogP contribution < -0.4 is 19.5 Å². The van der Waals surface area contributed by atoms with Crippen molar-refractivity contribution in [2.75, 3.05) is 19.0 Å². The van der Waals surface area contributed by atoms with E-state index >= 15 is 0 Å². The normalized spacial score (nSPS) is 14.7. The quantitative estimate of drug-likeness (QED) is 0.709. The molecule has 0 saturated carbocycles. The van der Waals surface area contributed by atoms with Gasteiger partial charge in [-0.15, -0.1) is 0 Å². The second-order valence-electron chi connectivity index (χ2n) is 6.40. The largest absolute Gasteiger partial charge is 0.493 e. The molecule has 1 aliphatic heterocycles. The Morgan fingerprint density at radius 1 is 1.14 bits per heavy atom. The molecule has 142 valence electrons. The number of hydrogen-bond acceptors (Lipinski definition) is 5. The number of anilines is 1. The number of fused-ring (bicyclic) bond motifs is 1. The topological polar surface area (TPSA) is 69.7 Å². The van der Waals surface area contributed by atoms with Gasteiger partial charge in [0.1, 0.15) is 24.9 Å². The first-order valence-corrected chi connectivity index (χ1v) is 8.97. The number of amides is 1. The average molecular weight is 376 g/mol. The highest BCUT2D eigenvalue weighted by Crippen LogP contribution is 2.35. The molecule has 0 saturated heterocycles. The number of nitrogens with one attached hydrogen (secondary N) is 1. The third-order valence-electron chi connectivity index (χ3n) is 4.59. The molecule has 3 aromatic rings. The summed E-state index contributed by atoms with van der Waals surface area (Å²) >= 11 is 0. The van der Waals surface area contributed by atoms with Gasteiger partial charge in [0, 0.05) is 29.7 Å². The van der Waals surface area contributed by atoms with Gasteiger partial charge in [0.15, 0.2) is 11.5 Å². The van der Waals surface area contributed by atoms with Gasteiger partial charge in [0.2, 0.25) is 5.91 Å². The molecule has 1 unspecified atom stereocenters. The van der Waals surface area contributed by atoms with E-state index in [4.69, 9.17) is 14.2 Å². The molecule has 0 radical (unpaired) electrons. The van der Waals surface area contributed by atoms with E-state index in [0.29, 0.717) is 30.4 Å². The minimum absolute atomic E-state index is 0.116. The molecule has 28 heavy (non-hydrogen) atoms. The summed E-state index contributed by atoms with van der Waals surface area (Å²) in [5.74, 6) is 1.47. The number of aromatic nitrogens is 1. The Bertz CT molecular complexity index is 975. The fraction of sp³-hybridized carbons (Fsp3) is 0.182. The molecule has 0 spiro atoms. The Hall–Kier alpha value is -3.54. The predicted molar refractivity (Wildman–Crippen MR) is 105 cm³/mol. The van der Waals surface area contributed by atoms with Gasteiger partial charge in [0.25, 0.3) is 0 Å². The summed E-state index contributed by atoms with van der Waals surface area (Å²) in [4.78, 5) is 16.7. The van der Waals surface area contributed by atoms with Gasteiger partial charge in [-0.05, 0) is 35.9 Å². The highest BCUT2D eigenvalue weighted by molar-refractivity contribution is 5.97. The summed E-state index contributed by atoms with van der Waals surface area (Å²) in [5.41, 5.74) is 2.54. The lowest BCUT2D eigenvalue weighted by molar-refractivity contribution is -0.117. The van der Waals surface area contributed by atoms with Crippen molar-refractivity contribution in [2.45, 2.75) is 12.5 Å². The van der Waals surface area contributed by atoms with Gasteiger partial charge in [-0.1, -0.05) is 18.2 Å². The number of ether oxygens (including phenoxy) is 3. The van der Waals surface area contributed by atoms with E-state index in [1.54, 1.807) is 37.7 Å². The van der Waals surface area contributed by atoms with Gasteiger partial charge in [0.05, 0.1) is 7.11 Å². The lowest BCUT2D eigenvalue weighted by Crippen LogP contribution is -2.22. The molecule has 1 aromatic heterocycles. The van der Waals surface area contributed by atoms with Crippen molar-refractivity contribution in [3.05, 3.63) is 78.1 Å². The Morgan fingerprint density at radius 2 is 1.96 bits per heavy atom. The van der Waals surface area contributed by atoms with Crippen LogP contribution in [0.15, 0.2) is 67.0 Å². The first-order chi connectivity index (χ1) is 13.7. The number of carbonyl (C=O) groups excluding carboxylic acids is 1. The smallest absolute Gasteiger partial charge is 0.235 e. The molecule has 1 atom stereocenters. The SMILES string of the molecule is COc1ccc(NC(=O)C2COc3ccccc32)cc1OCc1ccncc1. The third-order valence-corrected chi connectivity index (χ3v) is 4.59. The van der Waals surface area contributed by atoms with Crippen molar-refractivity contribution >= 4 is 11.6 Å².